The number of likely N-dealkylation sites (N-methyl/N-ethyl adjacent to an activating group) is 1. The molecule has 2 rings (SSSR count). The van der Waals surface area contributed by atoms with E-state index in [1.807, 2.05) is 30.3 Å². The SMILES string of the molecule is CCN(CC)C(CNC(=NC)NCc1ccccn1)c1ccco1. The van der Waals surface area contributed by atoms with E-state index in [2.05, 4.69) is 39.4 Å². The van der Waals surface area contributed by atoms with Gasteiger partial charge in [-0.05, 0) is 37.4 Å². The number of hydrogen-bond acceptors (Lipinski definition) is 4. The molecule has 6 nitrogen and oxygen atoms in total. The van der Waals surface area contributed by atoms with Crippen LogP contribution in [0.2, 0.25) is 0 Å². The van der Waals surface area contributed by atoms with Crippen molar-refractivity contribution >= 4 is 5.96 Å². The first-order valence-electron chi connectivity index (χ1n) is 8.40. The molecular weight excluding hydrogens is 302 g/mol. The third-order valence-corrected chi connectivity index (χ3v) is 3.97. The highest BCUT2D eigenvalue weighted by Crippen LogP contribution is 2.20. The van der Waals surface area contributed by atoms with E-state index < -0.39 is 0 Å². The molecule has 0 bridgehead atoms. The van der Waals surface area contributed by atoms with Gasteiger partial charge in [-0.15, -0.1) is 0 Å². The zero-order valence-electron chi connectivity index (χ0n) is 14.7. The second-order valence-electron chi connectivity index (χ2n) is 5.38. The van der Waals surface area contributed by atoms with E-state index in [1.165, 1.54) is 0 Å². The fraction of sp³-hybridized carbons (Fsp3) is 0.444. The smallest absolute Gasteiger partial charge is 0.191 e. The largest absolute Gasteiger partial charge is 0.468 e. The van der Waals surface area contributed by atoms with Gasteiger partial charge in [0.15, 0.2) is 5.96 Å². The van der Waals surface area contributed by atoms with Gasteiger partial charge in [-0.25, -0.2) is 0 Å². The van der Waals surface area contributed by atoms with Crippen LogP contribution in [0.25, 0.3) is 0 Å². The van der Waals surface area contributed by atoms with Gasteiger partial charge in [-0.2, -0.15) is 0 Å². The van der Waals surface area contributed by atoms with Crippen LogP contribution in [0, 0.1) is 0 Å². The highest BCUT2D eigenvalue weighted by molar-refractivity contribution is 5.79. The molecule has 0 amide bonds. The highest BCUT2D eigenvalue weighted by Gasteiger charge is 2.20. The summed E-state index contributed by atoms with van der Waals surface area (Å²) >= 11 is 0. The fourth-order valence-corrected chi connectivity index (χ4v) is 2.65. The van der Waals surface area contributed by atoms with Gasteiger partial charge in [0.1, 0.15) is 5.76 Å². The second-order valence-corrected chi connectivity index (χ2v) is 5.38. The van der Waals surface area contributed by atoms with Crippen LogP contribution >= 0.6 is 0 Å². The van der Waals surface area contributed by atoms with Crippen molar-refractivity contribution in [3.63, 3.8) is 0 Å². The monoisotopic (exact) mass is 329 g/mol. The Labute approximate surface area is 144 Å². The van der Waals surface area contributed by atoms with Crippen molar-refractivity contribution in [3.05, 3.63) is 54.2 Å². The summed E-state index contributed by atoms with van der Waals surface area (Å²) in [7, 11) is 1.77. The summed E-state index contributed by atoms with van der Waals surface area (Å²) < 4.78 is 5.62. The number of guanidine groups is 1. The van der Waals surface area contributed by atoms with Crippen molar-refractivity contribution in [3.8, 4) is 0 Å². The summed E-state index contributed by atoms with van der Waals surface area (Å²) in [6, 6.07) is 10.0. The van der Waals surface area contributed by atoms with Gasteiger partial charge in [0, 0.05) is 19.8 Å². The van der Waals surface area contributed by atoms with Crippen LogP contribution in [-0.2, 0) is 6.54 Å². The van der Waals surface area contributed by atoms with E-state index in [9.17, 15) is 0 Å². The van der Waals surface area contributed by atoms with Gasteiger partial charge in [0.25, 0.3) is 0 Å². The molecule has 0 aliphatic heterocycles. The van der Waals surface area contributed by atoms with E-state index in [-0.39, 0.29) is 6.04 Å². The predicted molar refractivity (Wildman–Crippen MR) is 96.8 cm³/mol. The Balaban J connectivity index is 1.94. The van der Waals surface area contributed by atoms with Gasteiger partial charge in [-0.3, -0.25) is 14.9 Å². The topological polar surface area (TPSA) is 65.7 Å². The lowest BCUT2D eigenvalue weighted by Gasteiger charge is -2.28. The molecule has 0 aliphatic carbocycles. The quantitative estimate of drug-likeness (QED) is 0.575. The third-order valence-electron chi connectivity index (χ3n) is 3.97. The lowest BCUT2D eigenvalue weighted by atomic mass is 10.2. The van der Waals surface area contributed by atoms with Crippen LogP contribution in [0.5, 0.6) is 0 Å². The van der Waals surface area contributed by atoms with Gasteiger partial charge >= 0.3 is 0 Å². The minimum atomic E-state index is 0.170. The first-order valence-corrected chi connectivity index (χ1v) is 8.40. The molecule has 2 N–H and O–H groups in total. The Bertz CT molecular complexity index is 593. The molecule has 0 saturated carbocycles. The number of furan rings is 1. The number of aromatic nitrogens is 1. The van der Waals surface area contributed by atoms with Gasteiger partial charge in [0.05, 0.1) is 24.5 Å². The van der Waals surface area contributed by atoms with Crippen molar-refractivity contribution in [2.45, 2.75) is 26.4 Å². The van der Waals surface area contributed by atoms with Crippen LogP contribution < -0.4 is 10.6 Å². The lowest BCUT2D eigenvalue weighted by molar-refractivity contribution is 0.193. The second kappa shape index (κ2) is 9.72. The van der Waals surface area contributed by atoms with Gasteiger partial charge in [-0.1, -0.05) is 19.9 Å². The molecule has 1 atom stereocenters. The first-order chi connectivity index (χ1) is 11.8. The van der Waals surface area contributed by atoms with E-state index in [4.69, 9.17) is 4.42 Å². The Morgan fingerprint density at radius 1 is 1.21 bits per heavy atom. The average molecular weight is 329 g/mol. The molecule has 2 heterocycles. The van der Waals surface area contributed by atoms with E-state index in [0.29, 0.717) is 6.54 Å². The lowest BCUT2D eigenvalue weighted by Crippen LogP contribution is -2.43. The molecule has 2 aromatic rings. The number of nitrogens with zero attached hydrogens (tertiary/aromatic N) is 3. The van der Waals surface area contributed by atoms with E-state index in [0.717, 1.165) is 37.0 Å². The summed E-state index contributed by atoms with van der Waals surface area (Å²) in [5.74, 6) is 1.72. The molecule has 24 heavy (non-hydrogen) atoms. The van der Waals surface area contributed by atoms with Crippen molar-refractivity contribution in [2.24, 2.45) is 4.99 Å². The third kappa shape index (κ3) is 5.09. The summed E-state index contributed by atoms with van der Waals surface area (Å²) in [6.07, 6.45) is 3.51. The molecule has 0 fully saturated rings. The molecule has 1 unspecified atom stereocenters. The van der Waals surface area contributed by atoms with Crippen LogP contribution in [-0.4, -0.2) is 42.5 Å². The van der Waals surface area contributed by atoms with Crippen molar-refractivity contribution < 1.29 is 4.42 Å². The minimum Gasteiger partial charge on any atom is -0.468 e. The molecular formula is C18H27N5O. The molecule has 6 heteroatoms. The maximum absolute atomic E-state index is 5.62. The molecule has 0 spiro atoms. The normalized spacial score (nSPS) is 13.1. The number of aliphatic imine (C=N–C) groups is 1. The van der Waals surface area contributed by atoms with Crippen molar-refractivity contribution in [2.75, 3.05) is 26.7 Å². The standard InChI is InChI=1S/C18H27N5O/c1-4-23(5-2)16(17-10-8-12-24-17)14-22-18(19-3)21-13-15-9-6-7-11-20-15/h6-12,16H,4-5,13-14H2,1-3H3,(H2,19,21,22). The zero-order valence-corrected chi connectivity index (χ0v) is 14.7. The summed E-state index contributed by atoms with van der Waals surface area (Å²) in [5, 5.41) is 6.68. The average Bonchev–Trinajstić information content (AvgIpc) is 3.16. The number of nitrogens with one attached hydrogen (secondary N) is 2. The van der Waals surface area contributed by atoms with Gasteiger partial charge in [0.2, 0.25) is 0 Å². The Hall–Kier alpha value is -2.34. The Morgan fingerprint density at radius 3 is 2.62 bits per heavy atom. The zero-order chi connectivity index (χ0) is 17.2. The highest BCUT2D eigenvalue weighted by atomic mass is 16.3. The van der Waals surface area contributed by atoms with Crippen LogP contribution in [0.3, 0.4) is 0 Å². The maximum atomic E-state index is 5.62. The van der Waals surface area contributed by atoms with Crippen LogP contribution in [0.15, 0.2) is 52.2 Å². The Kier molecular flexibility index (Phi) is 7.29. The van der Waals surface area contributed by atoms with Crippen LogP contribution in [0.4, 0.5) is 0 Å². The van der Waals surface area contributed by atoms with E-state index in [1.54, 1.807) is 19.5 Å². The van der Waals surface area contributed by atoms with Crippen LogP contribution in [0.1, 0.15) is 31.3 Å². The molecule has 130 valence electrons. The predicted octanol–water partition coefficient (Wildman–Crippen LogP) is 2.42. The first kappa shape index (κ1) is 18.0. The van der Waals surface area contributed by atoms with Gasteiger partial charge < -0.3 is 15.1 Å². The summed E-state index contributed by atoms with van der Waals surface area (Å²) in [5.41, 5.74) is 0.978. The summed E-state index contributed by atoms with van der Waals surface area (Å²) in [6.45, 7) is 7.60. The molecule has 0 aliphatic rings. The van der Waals surface area contributed by atoms with Crippen molar-refractivity contribution in [1.82, 2.24) is 20.5 Å². The Morgan fingerprint density at radius 2 is 2.04 bits per heavy atom. The molecule has 0 radical (unpaired) electrons. The summed E-state index contributed by atoms with van der Waals surface area (Å²) in [4.78, 5) is 11.0. The molecule has 0 aromatic carbocycles. The molecule has 2 aromatic heterocycles. The maximum Gasteiger partial charge on any atom is 0.191 e. The number of hydrogen-bond donors (Lipinski definition) is 2. The fourth-order valence-electron chi connectivity index (χ4n) is 2.65. The van der Waals surface area contributed by atoms with Crippen molar-refractivity contribution in [1.29, 1.82) is 0 Å². The number of pyridine rings is 1. The number of rotatable bonds is 8. The minimum absolute atomic E-state index is 0.170. The molecule has 0 saturated heterocycles. The van der Waals surface area contributed by atoms with E-state index >= 15 is 0 Å².